The maximum atomic E-state index is 14.4. The molecule has 3 unspecified atom stereocenters. The number of ether oxygens (including phenoxy) is 1. The minimum Gasteiger partial charge on any atom is -0.497 e. The zero-order chi connectivity index (χ0) is 27.5. The lowest BCUT2D eigenvalue weighted by Gasteiger charge is -2.45. The number of fused-ring (bicyclic) bond motifs is 1. The van der Waals surface area contributed by atoms with Crippen LogP contribution in [0, 0.1) is 11.7 Å². The highest BCUT2D eigenvalue weighted by Gasteiger charge is 2.45. The molecule has 5 rings (SSSR count). The third-order valence-corrected chi connectivity index (χ3v) is 7.66. The first-order chi connectivity index (χ1) is 18.9. The van der Waals surface area contributed by atoms with E-state index in [-0.39, 0.29) is 24.8 Å². The number of carboxylic acids is 1. The van der Waals surface area contributed by atoms with E-state index in [0.717, 1.165) is 11.1 Å². The maximum absolute atomic E-state index is 14.4. The maximum Gasteiger partial charge on any atom is 0.308 e. The van der Waals surface area contributed by atoms with E-state index in [0.29, 0.717) is 42.0 Å². The summed E-state index contributed by atoms with van der Waals surface area (Å²) in [5.41, 5.74) is 3.14. The van der Waals surface area contributed by atoms with Crippen LogP contribution >= 0.6 is 0 Å². The van der Waals surface area contributed by atoms with Gasteiger partial charge >= 0.3 is 5.97 Å². The number of likely N-dealkylation sites (tertiary alicyclic amines) is 1. The van der Waals surface area contributed by atoms with Crippen LogP contribution in [0.1, 0.15) is 47.1 Å². The highest BCUT2D eigenvalue weighted by atomic mass is 19.1. The SMILES string of the molecule is COc1ccc(C2C(C(=O)N3CCCC(C(=O)O)C3)c3ccccc3C(=C=O)N2Cc2ccc(F)cc2)cc1. The fourth-order valence-electron chi connectivity index (χ4n) is 5.72. The van der Waals surface area contributed by atoms with Gasteiger partial charge in [0, 0.05) is 25.2 Å². The van der Waals surface area contributed by atoms with E-state index in [4.69, 9.17) is 4.74 Å². The van der Waals surface area contributed by atoms with Crippen LogP contribution < -0.4 is 4.74 Å². The molecule has 0 radical (unpaired) electrons. The topological polar surface area (TPSA) is 87.1 Å². The van der Waals surface area contributed by atoms with Crippen molar-refractivity contribution in [1.29, 1.82) is 0 Å². The fourth-order valence-corrected chi connectivity index (χ4v) is 5.72. The minimum atomic E-state index is -0.910. The minimum absolute atomic E-state index is 0.135. The fraction of sp³-hybridized carbons (Fsp3) is 0.290. The summed E-state index contributed by atoms with van der Waals surface area (Å²) in [6.45, 7) is 0.832. The lowest BCUT2D eigenvalue weighted by Crippen LogP contribution is -2.48. The number of benzene rings is 3. The molecule has 1 saturated heterocycles. The highest BCUT2D eigenvalue weighted by Crippen LogP contribution is 2.48. The zero-order valence-corrected chi connectivity index (χ0v) is 21.5. The molecule has 2 heterocycles. The Kier molecular flexibility index (Phi) is 7.48. The quantitative estimate of drug-likeness (QED) is 0.468. The Morgan fingerprint density at radius 3 is 2.44 bits per heavy atom. The van der Waals surface area contributed by atoms with Crippen LogP contribution in [0.2, 0.25) is 0 Å². The molecule has 1 N–H and O–H groups in total. The van der Waals surface area contributed by atoms with Crippen molar-refractivity contribution in [2.45, 2.75) is 31.3 Å². The summed E-state index contributed by atoms with van der Waals surface area (Å²) in [6.07, 6.45) is 1.13. The van der Waals surface area contributed by atoms with Crippen molar-refractivity contribution in [3.63, 3.8) is 0 Å². The molecule has 0 bridgehead atoms. The molecular formula is C31H29FN2O5. The Morgan fingerprint density at radius 2 is 1.77 bits per heavy atom. The predicted molar refractivity (Wildman–Crippen MR) is 143 cm³/mol. The lowest BCUT2D eigenvalue weighted by molar-refractivity contribution is -0.146. The molecule has 3 atom stereocenters. The van der Waals surface area contributed by atoms with Gasteiger partial charge in [0.15, 0.2) is 5.94 Å². The highest BCUT2D eigenvalue weighted by molar-refractivity contribution is 5.94. The summed E-state index contributed by atoms with van der Waals surface area (Å²) in [4.78, 5) is 42.1. The van der Waals surface area contributed by atoms with E-state index in [1.807, 2.05) is 35.2 Å². The van der Waals surface area contributed by atoms with E-state index in [1.54, 1.807) is 42.3 Å². The molecule has 39 heavy (non-hydrogen) atoms. The molecule has 2 aliphatic heterocycles. The van der Waals surface area contributed by atoms with E-state index in [9.17, 15) is 23.9 Å². The van der Waals surface area contributed by atoms with Gasteiger partial charge in [0.2, 0.25) is 5.91 Å². The Morgan fingerprint density at radius 1 is 1.05 bits per heavy atom. The normalized spacial score (nSPS) is 20.7. The molecule has 8 heteroatoms. The number of carboxylic acid groups (broad SMARTS) is 1. The Hall–Kier alpha value is -4.42. The summed E-state index contributed by atoms with van der Waals surface area (Å²) in [5, 5.41) is 9.65. The lowest BCUT2D eigenvalue weighted by atomic mass is 9.77. The molecule has 3 aromatic carbocycles. The first-order valence-corrected chi connectivity index (χ1v) is 12.9. The van der Waals surface area contributed by atoms with Crippen molar-refractivity contribution in [1.82, 2.24) is 9.80 Å². The Balaban J connectivity index is 1.66. The van der Waals surface area contributed by atoms with E-state index in [2.05, 4.69) is 5.94 Å². The van der Waals surface area contributed by atoms with E-state index in [1.165, 1.54) is 12.1 Å². The number of halogens is 1. The second-order valence-electron chi connectivity index (χ2n) is 9.95. The number of carbonyl (C=O) groups is 2. The molecular weight excluding hydrogens is 499 g/mol. The standard InChI is InChI=1S/C31H29FN2O5/c1-39-24-14-10-21(11-15-24)29-28(30(36)33-16-4-5-22(18-33)31(37)38)26-7-3-2-6-25(26)27(19-35)34(29)17-20-8-12-23(32)13-9-20/h2-3,6-15,22,28-29H,4-5,16-18H2,1H3,(H,37,38). The summed E-state index contributed by atoms with van der Waals surface area (Å²) in [7, 11) is 1.57. The first kappa shape index (κ1) is 26.2. The number of hydrogen-bond acceptors (Lipinski definition) is 5. The zero-order valence-electron chi connectivity index (χ0n) is 21.5. The molecule has 3 aromatic rings. The Labute approximate surface area is 226 Å². The van der Waals surface area contributed by atoms with Crippen LogP contribution in [0.15, 0.2) is 72.8 Å². The van der Waals surface area contributed by atoms with Crippen LogP contribution in [0.3, 0.4) is 0 Å². The molecule has 1 fully saturated rings. The predicted octanol–water partition coefficient (Wildman–Crippen LogP) is 4.67. The van der Waals surface area contributed by atoms with Crippen molar-refractivity contribution in [2.24, 2.45) is 5.92 Å². The second kappa shape index (κ2) is 11.1. The number of amides is 1. The van der Waals surface area contributed by atoms with E-state index < -0.39 is 23.8 Å². The van der Waals surface area contributed by atoms with Crippen molar-refractivity contribution in [3.05, 3.63) is 101 Å². The summed E-state index contributed by atoms with van der Waals surface area (Å²) < 4.78 is 19.0. The van der Waals surface area contributed by atoms with Gasteiger partial charge in [-0.1, -0.05) is 48.5 Å². The van der Waals surface area contributed by atoms with Gasteiger partial charge in [-0.25, -0.2) is 9.18 Å². The van der Waals surface area contributed by atoms with Gasteiger partial charge in [-0.15, -0.1) is 0 Å². The smallest absolute Gasteiger partial charge is 0.308 e. The van der Waals surface area contributed by atoms with Crippen LogP contribution in [0.25, 0.3) is 5.70 Å². The summed E-state index contributed by atoms with van der Waals surface area (Å²) in [5.74, 6) is -0.0520. The molecule has 0 aliphatic carbocycles. The monoisotopic (exact) mass is 528 g/mol. The van der Waals surface area contributed by atoms with Gasteiger partial charge in [-0.2, -0.15) is 0 Å². The number of hydrogen-bond donors (Lipinski definition) is 1. The van der Waals surface area contributed by atoms with E-state index >= 15 is 0 Å². The second-order valence-corrected chi connectivity index (χ2v) is 9.95. The third kappa shape index (κ3) is 5.16. The number of rotatable bonds is 6. The van der Waals surface area contributed by atoms with Gasteiger partial charge in [0.05, 0.1) is 25.0 Å². The largest absolute Gasteiger partial charge is 0.497 e. The number of aliphatic carboxylic acids is 1. The summed E-state index contributed by atoms with van der Waals surface area (Å²) in [6, 6.07) is 20.1. The van der Waals surface area contributed by atoms with Crippen molar-refractivity contribution in [3.8, 4) is 5.75 Å². The number of piperidine rings is 1. The molecule has 7 nitrogen and oxygen atoms in total. The molecule has 200 valence electrons. The molecule has 0 aromatic heterocycles. The van der Waals surface area contributed by atoms with Crippen molar-refractivity contribution in [2.75, 3.05) is 20.2 Å². The number of methoxy groups -OCH3 is 1. The van der Waals surface area contributed by atoms with Gasteiger partial charge in [0.25, 0.3) is 0 Å². The van der Waals surface area contributed by atoms with Gasteiger partial charge < -0.3 is 19.6 Å². The Bertz CT molecular complexity index is 1420. The van der Waals surface area contributed by atoms with Crippen molar-refractivity contribution >= 4 is 23.5 Å². The average Bonchev–Trinajstić information content (AvgIpc) is 2.97. The van der Waals surface area contributed by atoms with Crippen LogP contribution in [0.4, 0.5) is 4.39 Å². The average molecular weight is 529 g/mol. The number of carbonyl (C=O) groups excluding carboxylic acids is 2. The summed E-state index contributed by atoms with van der Waals surface area (Å²) >= 11 is 0. The third-order valence-electron chi connectivity index (χ3n) is 7.66. The van der Waals surface area contributed by atoms with Crippen LogP contribution in [-0.2, 0) is 20.9 Å². The van der Waals surface area contributed by atoms with Crippen molar-refractivity contribution < 1.29 is 28.6 Å². The molecule has 0 spiro atoms. The molecule has 0 saturated carbocycles. The first-order valence-electron chi connectivity index (χ1n) is 12.9. The number of nitrogens with zero attached hydrogens (tertiary/aromatic N) is 2. The molecule has 2 aliphatic rings. The van der Waals surface area contributed by atoms with Gasteiger partial charge in [-0.05, 0) is 53.8 Å². The van der Waals surface area contributed by atoms with Crippen LogP contribution in [0.5, 0.6) is 5.75 Å². The molecule has 1 amide bonds. The van der Waals surface area contributed by atoms with Gasteiger partial charge in [-0.3, -0.25) is 9.59 Å². The van der Waals surface area contributed by atoms with Crippen LogP contribution in [-0.4, -0.2) is 52.9 Å². The van der Waals surface area contributed by atoms with Gasteiger partial charge in [0.1, 0.15) is 17.3 Å².